The maximum Gasteiger partial charge on any atom is 0.254 e. The first kappa shape index (κ1) is 16.9. The van der Waals surface area contributed by atoms with Gasteiger partial charge >= 0.3 is 0 Å². The van der Waals surface area contributed by atoms with Crippen molar-refractivity contribution in [3.05, 3.63) is 84.2 Å². The van der Waals surface area contributed by atoms with Crippen molar-refractivity contribution in [3.8, 4) is 0 Å². The average molecular weight is 334 g/mol. The van der Waals surface area contributed by atoms with Crippen LogP contribution >= 0.6 is 0 Å². The lowest BCUT2D eigenvalue weighted by Crippen LogP contribution is -2.36. The maximum atomic E-state index is 13.0. The molecule has 2 aromatic heterocycles. The number of carbonyl (C=O) groups is 1. The van der Waals surface area contributed by atoms with Crippen LogP contribution in [0.15, 0.2) is 67.4 Å². The summed E-state index contributed by atoms with van der Waals surface area (Å²) < 4.78 is 1.98. The highest BCUT2D eigenvalue weighted by molar-refractivity contribution is 5.94. The Labute approximate surface area is 148 Å². The van der Waals surface area contributed by atoms with Crippen LogP contribution in [0.4, 0.5) is 0 Å². The van der Waals surface area contributed by atoms with Crippen LogP contribution < -0.4 is 0 Å². The summed E-state index contributed by atoms with van der Waals surface area (Å²) in [7, 11) is 0. The van der Waals surface area contributed by atoms with Crippen molar-refractivity contribution in [1.82, 2.24) is 19.4 Å². The van der Waals surface area contributed by atoms with Crippen LogP contribution in [0.1, 0.15) is 35.5 Å². The van der Waals surface area contributed by atoms with E-state index in [0.717, 1.165) is 11.3 Å². The molecule has 0 fully saturated rings. The van der Waals surface area contributed by atoms with Gasteiger partial charge in [0.2, 0.25) is 0 Å². The van der Waals surface area contributed by atoms with Gasteiger partial charge < -0.3 is 9.47 Å². The first-order valence-corrected chi connectivity index (χ1v) is 8.39. The lowest BCUT2D eigenvalue weighted by Gasteiger charge is -2.26. The summed E-state index contributed by atoms with van der Waals surface area (Å²) in [5, 5.41) is 0. The molecule has 25 heavy (non-hydrogen) atoms. The number of hydrogen-bond acceptors (Lipinski definition) is 3. The predicted octanol–water partition coefficient (Wildman–Crippen LogP) is 3.38. The molecule has 2 heterocycles. The zero-order valence-electron chi connectivity index (χ0n) is 14.5. The Balaban J connectivity index is 1.79. The summed E-state index contributed by atoms with van der Waals surface area (Å²) in [5.41, 5.74) is 2.66. The molecule has 0 saturated carbocycles. The Morgan fingerprint density at radius 3 is 2.72 bits per heavy atom. The number of imidazole rings is 1. The van der Waals surface area contributed by atoms with Gasteiger partial charge in [0.25, 0.3) is 5.91 Å². The molecule has 0 unspecified atom stereocenters. The minimum Gasteiger partial charge on any atom is -0.333 e. The van der Waals surface area contributed by atoms with Crippen LogP contribution in [0.5, 0.6) is 0 Å². The van der Waals surface area contributed by atoms with Gasteiger partial charge in [0, 0.05) is 36.7 Å². The van der Waals surface area contributed by atoms with E-state index < -0.39 is 0 Å². The monoisotopic (exact) mass is 334 g/mol. The molecular formula is C20H22N4O. The molecule has 0 aliphatic heterocycles. The third kappa shape index (κ3) is 4.32. The fourth-order valence-electron chi connectivity index (χ4n) is 2.71. The van der Waals surface area contributed by atoms with E-state index >= 15 is 0 Å². The molecule has 3 rings (SSSR count). The number of rotatable bonds is 6. The van der Waals surface area contributed by atoms with Gasteiger partial charge in [-0.25, -0.2) is 4.98 Å². The minimum absolute atomic E-state index is 0.0214. The van der Waals surface area contributed by atoms with Crippen molar-refractivity contribution in [2.45, 2.75) is 33.0 Å². The first-order valence-electron chi connectivity index (χ1n) is 8.39. The molecule has 5 nitrogen and oxygen atoms in total. The van der Waals surface area contributed by atoms with Crippen LogP contribution in [-0.4, -0.2) is 31.4 Å². The molecule has 0 N–H and O–H groups in total. The second-order valence-electron chi connectivity index (χ2n) is 6.28. The molecule has 5 heteroatoms. The highest BCUT2D eigenvalue weighted by atomic mass is 16.2. The minimum atomic E-state index is 0.0214. The fraction of sp³-hybridized carbons (Fsp3) is 0.250. The number of benzene rings is 1. The van der Waals surface area contributed by atoms with Gasteiger partial charge in [0.05, 0.1) is 18.6 Å². The Morgan fingerprint density at radius 2 is 2.04 bits per heavy atom. The van der Waals surface area contributed by atoms with E-state index in [2.05, 4.69) is 9.97 Å². The number of nitrogens with zero attached hydrogens (tertiary/aromatic N) is 4. The average Bonchev–Trinajstić information content (AvgIpc) is 3.13. The molecule has 0 saturated heterocycles. The topological polar surface area (TPSA) is 51.0 Å². The normalized spacial score (nSPS) is 10.8. The first-order chi connectivity index (χ1) is 12.1. The molecule has 0 atom stereocenters. The van der Waals surface area contributed by atoms with Crippen LogP contribution in [-0.2, 0) is 13.1 Å². The summed E-state index contributed by atoms with van der Waals surface area (Å²) >= 11 is 0. The number of carbonyl (C=O) groups excluding carboxylic acids is 1. The van der Waals surface area contributed by atoms with E-state index in [0.29, 0.717) is 18.7 Å². The van der Waals surface area contributed by atoms with E-state index in [1.54, 1.807) is 18.7 Å². The van der Waals surface area contributed by atoms with Crippen LogP contribution in [0, 0.1) is 0 Å². The van der Waals surface area contributed by atoms with Crippen LogP contribution in [0.25, 0.3) is 0 Å². The van der Waals surface area contributed by atoms with E-state index in [-0.39, 0.29) is 11.9 Å². The van der Waals surface area contributed by atoms with Gasteiger partial charge in [-0.15, -0.1) is 0 Å². The number of aromatic nitrogens is 3. The van der Waals surface area contributed by atoms with Crippen LogP contribution in [0.2, 0.25) is 0 Å². The second-order valence-corrected chi connectivity index (χ2v) is 6.28. The predicted molar refractivity (Wildman–Crippen MR) is 97.0 cm³/mol. The number of hydrogen-bond donors (Lipinski definition) is 0. The quantitative estimate of drug-likeness (QED) is 0.694. The molecule has 0 spiro atoms. The van der Waals surface area contributed by atoms with Gasteiger partial charge in [0.15, 0.2) is 0 Å². The summed E-state index contributed by atoms with van der Waals surface area (Å²) in [6.07, 6.45) is 7.19. The van der Waals surface area contributed by atoms with Gasteiger partial charge in [-0.1, -0.05) is 18.2 Å². The number of pyridine rings is 1. The molecule has 1 aromatic carbocycles. The summed E-state index contributed by atoms with van der Waals surface area (Å²) in [6, 6.07) is 13.6. The van der Waals surface area contributed by atoms with Gasteiger partial charge in [-0.2, -0.15) is 0 Å². The van der Waals surface area contributed by atoms with Gasteiger partial charge in [0.1, 0.15) is 0 Å². The Morgan fingerprint density at radius 1 is 1.16 bits per heavy atom. The van der Waals surface area contributed by atoms with Crippen molar-refractivity contribution in [2.75, 3.05) is 0 Å². The van der Waals surface area contributed by atoms with Crippen LogP contribution in [0.3, 0.4) is 0 Å². The van der Waals surface area contributed by atoms with E-state index in [9.17, 15) is 4.79 Å². The molecule has 1 amide bonds. The summed E-state index contributed by atoms with van der Waals surface area (Å²) in [6.45, 7) is 5.25. The van der Waals surface area contributed by atoms with Crippen molar-refractivity contribution < 1.29 is 4.79 Å². The van der Waals surface area contributed by atoms with E-state index in [1.807, 2.05) is 72.0 Å². The summed E-state index contributed by atoms with van der Waals surface area (Å²) in [4.78, 5) is 23.3. The third-order valence-corrected chi connectivity index (χ3v) is 4.04. The smallest absolute Gasteiger partial charge is 0.254 e. The van der Waals surface area contributed by atoms with Crippen molar-refractivity contribution >= 4 is 5.91 Å². The maximum absolute atomic E-state index is 13.0. The molecule has 0 aliphatic carbocycles. The molecule has 0 bridgehead atoms. The lowest BCUT2D eigenvalue weighted by atomic mass is 10.1. The SMILES string of the molecule is CC(C)N(Cc1ccccn1)C(=O)c1cccc(Cn2ccnc2)c1. The Kier molecular flexibility index (Phi) is 5.23. The highest BCUT2D eigenvalue weighted by Crippen LogP contribution is 2.14. The lowest BCUT2D eigenvalue weighted by molar-refractivity contribution is 0.0687. The van der Waals surface area contributed by atoms with Gasteiger partial charge in [-0.3, -0.25) is 9.78 Å². The zero-order chi connectivity index (χ0) is 17.6. The molecule has 128 valence electrons. The Bertz CT molecular complexity index is 813. The Hall–Kier alpha value is -2.95. The second kappa shape index (κ2) is 7.75. The fourth-order valence-corrected chi connectivity index (χ4v) is 2.71. The van der Waals surface area contributed by atoms with Crippen molar-refractivity contribution in [3.63, 3.8) is 0 Å². The number of amides is 1. The summed E-state index contributed by atoms with van der Waals surface area (Å²) in [5.74, 6) is 0.0214. The molecule has 0 aliphatic rings. The highest BCUT2D eigenvalue weighted by Gasteiger charge is 2.19. The molecular weight excluding hydrogens is 312 g/mol. The zero-order valence-corrected chi connectivity index (χ0v) is 14.5. The van der Waals surface area contributed by atoms with Crippen molar-refractivity contribution in [2.24, 2.45) is 0 Å². The van der Waals surface area contributed by atoms with Gasteiger partial charge in [-0.05, 0) is 43.7 Å². The molecule has 3 aromatic rings. The van der Waals surface area contributed by atoms with Crippen molar-refractivity contribution in [1.29, 1.82) is 0 Å². The largest absolute Gasteiger partial charge is 0.333 e. The van der Waals surface area contributed by atoms with E-state index in [1.165, 1.54) is 0 Å². The molecule has 0 radical (unpaired) electrons. The third-order valence-electron chi connectivity index (χ3n) is 4.04. The van der Waals surface area contributed by atoms with E-state index in [4.69, 9.17) is 0 Å². The standard InChI is InChI=1S/C20H22N4O/c1-16(2)24(14-19-8-3-4-9-22-19)20(25)18-7-5-6-17(12-18)13-23-11-10-21-15-23/h3-12,15-16H,13-14H2,1-2H3.